The summed E-state index contributed by atoms with van der Waals surface area (Å²) < 4.78 is 0. The van der Waals surface area contributed by atoms with E-state index in [1.54, 1.807) is 31.3 Å². The predicted octanol–water partition coefficient (Wildman–Crippen LogP) is 8.71. The fourth-order valence-corrected chi connectivity index (χ4v) is 3.76. The lowest BCUT2D eigenvalue weighted by Crippen LogP contribution is -2.35. The largest absolute Gasteiger partial charge is 0.508 e. The molecule has 2 unspecified atom stereocenters. The fourth-order valence-electron chi connectivity index (χ4n) is 3.59. The molecule has 0 aliphatic heterocycles. The number of rotatable bonds is 5. The summed E-state index contributed by atoms with van der Waals surface area (Å²) in [6.45, 7) is 14.2. The topological polar surface area (TPSA) is 64.8 Å². The van der Waals surface area contributed by atoms with Gasteiger partial charge in [-0.15, -0.1) is 0 Å². The van der Waals surface area contributed by atoms with E-state index in [4.69, 9.17) is 11.6 Å². The molecule has 4 aromatic carbocycles. The summed E-state index contributed by atoms with van der Waals surface area (Å²) >= 11 is 6.14. The van der Waals surface area contributed by atoms with Gasteiger partial charge in [-0.25, -0.2) is 0 Å². The molecule has 4 nitrogen and oxygen atoms in total. The molecule has 39 heavy (non-hydrogen) atoms. The Labute approximate surface area is 240 Å². The molecule has 0 bridgehead atoms. The van der Waals surface area contributed by atoms with Gasteiger partial charge < -0.3 is 10.2 Å². The number of aryl methyl sites for hydroxylation is 2. The number of likely N-dealkylation sites (N-methyl/N-ethyl adjacent to an activating group) is 1. The van der Waals surface area contributed by atoms with Crippen LogP contribution in [-0.4, -0.2) is 35.2 Å². The summed E-state index contributed by atoms with van der Waals surface area (Å²) in [6.07, 6.45) is 0.501. The first-order valence-electron chi connectivity index (χ1n) is 13.6. The Balaban J connectivity index is 0.000000392. The molecule has 5 heteroatoms. The van der Waals surface area contributed by atoms with Crippen LogP contribution in [0.1, 0.15) is 63.3 Å². The average molecular weight is 549 g/mol. The molecule has 4 rings (SSSR count). The maximum Gasteiger partial charge on any atom is 0.127 e. The first-order valence-corrected chi connectivity index (χ1v) is 14.0. The van der Waals surface area contributed by atoms with Crippen LogP contribution in [0.3, 0.4) is 0 Å². The minimum absolute atomic E-state index is 0.194. The average Bonchev–Trinajstić information content (AvgIpc) is 2.95. The Hall–Kier alpha value is -3.18. The lowest BCUT2D eigenvalue weighted by atomic mass is 9.97. The zero-order valence-corrected chi connectivity index (χ0v) is 25.4. The highest BCUT2D eigenvalue weighted by Crippen LogP contribution is 2.22. The van der Waals surface area contributed by atoms with E-state index in [-0.39, 0.29) is 11.8 Å². The molecular weight excluding hydrogens is 504 g/mol. The maximum atomic E-state index is 9.95. The van der Waals surface area contributed by atoms with Crippen molar-refractivity contribution >= 4 is 28.1 Å². The standard InChI is InChI=1S/C18H21ClN2O2.C11H10.C3H8.C2H6/c1-11-4-7-14(19)10-16(11)17(21-12(2)18(23)20-3)13-5-8-15(22)9-6-13;1-9-6-7-10-4-2-3-5-11(10)8-9;1-3-2;1-2/h4-10,12,18,20,22-23H,1-3H3;2-8H,1H3;3H2,1-2H3;1-2H3. The molecule has 0 aliphatic carbocycles. The number of aromatic hydroxyl groups is 1. The van der Waals surface area contributed by atoms with E-state index < -0.39 is 6.23 Å². The summed E-state index contributed by atoms with van der Waals surface area (Å²) in [5, 5.41) is 25.5. The summed E-state index contributed by atoms with van der Waals surface area (Å²) in [5.41, 5.74) is 4.84. The van der Waals surface area contributed by atoms with Gasteiger partial charge in [0.15, 0.2) is 0 Å². The predicted molar refractivity (Wildman–Crippen MR) is 170 cm³/mol. The molecule has 0 saturated heterocycles. The summed E-state index contributed by atoms with van der Waals surface area (Å²) in [7, 11) is 1.68. The third-order valence-electron chi connectivity index (χ3n) is 5.59. The number of aliphatic hydroxyl groups is 1. The van der Waals surface area contributed by atoms with Crippen LogP contribution in [-0.2, 0) is 0 Å². The van der Waals surface area contributed by atoms with Crippen LogP contribution >= 0.6 is 11.6 Å². The van der Waals surface area contributed by atoms with Gasteiger partial charge in [-0.05, 0) is 80.6 Å². The number of aliphatic imine (C=N–C) groups is 1. The van der Waals surface area contributed by atoms with Gasteiger partial charge in [-0.2, -0.15) is 0 Å². The number of benzene rings is 4. The van der Waals surface area contributed by atoms with Crippen molar-refractivity contribution in [2.75, 3.05) is 7.05 Å². The number of phenols is 1. The summed E-state index contributed by atoms with van der Waals surface area (Å²) in [6, 6.07) is 27.0. The van der Waals surface area contributed by atoms with Crippen LogP contribution in [0.25, 0.3) is 10.8 Å². The monoisotopic (exact) mass is 548 g/mol. The van der Waals surface area contributed by atoms with Crippen LogP contribution in [0.5, 0.6) is 5.75 Å². The number of fused-ring (bicyclic) bond motifs is 1. The highest BCUT2D eigenvalue weighted by molar-refractivity contribution is 6.31. The number of hydrogen-bond acceptors (Lipinski definition) is 4. The van der Waals surface area contributed by atoms with Crippen LogP contribution in [0.4, 0.5) is 0 Å². The molecule has 0 aromatic heterocycles. The van der Waals surface area contributed by atoms with Crippen molar-refractivity contribution < 1.29 is 10.2 Å². The van der Waals surface area contributed by atoms with E-state index in [1.807, 2.05) is 45.9 Å². The Kier molecular flexibility index (Phi) is 15.8. The number of hydrogen-bond donors (Lipinski definition) is 3. The molecule has 210 valence electrons. The lowest BCUT2D eigenvalue weighted by molar-refractivity contribution is 0.125. The van der Waals surface area contributed by atoms with Crippen LogP contribution in [0.15, 0.2) is 89.9 Å². The van der Waals surface area contributed by atoms with Crippen molar-refractivity contribution in [3.8, 4) is 5.75 Å². The SMILES string of the molecule is CC.CCC.CNC(O)C(C)N=C(c1ccc(O)cc1)c1cc(Cl)ccc1C.Cc1ccc2ccccc2c1. The Morgan fingerprint density at radius 2 is 1.46 bits per heavy atom. The molecule has 0 radical (unpaired) electrons. The van der Waals surface area contributed by atoms with Gasteiger partial charge >= 0.3 is 0 Å². The van der Waals surface area contributed by atoms with Crippen molar-refractivity contribution in [3.63, 3.8) is 0 Å². The van der Waals surface area contributed by atoms with Crippen molar-refractivity contribution in [3.05, 3.63) is 112 Å². The summed E-state index contributed by atoms with van der Waals surface area (Å²) in [4.78, 5) is 4.68. The van der Waals surface area contributed by atoms with Gasteiger partial charge in [0.25, 0.3) is 0 Å². The molecule has 0 aliphatic rings. The second-order valence-electron chi connectivity index (χ2n) is 9.02. The fraction of sp³-hybridized carbons (Fsp3) is 0.324. The molecule has 3 N–H and O–H groups in total. The number of halogens is 1. The van der Waals surface area contributed by atoms with E-state index in [2.05, 4.69) is 73.5 Å². The first kappa shape index (κ1) is 33.8. The van der Waals surface area contributed by atoms with Gasteiger partial charge in [-0.1, -0.05) is 99.8 Å². The van der Waals surface area contributed by atoms with Crippen LogP contribution in [0, 0.1) is 13.8 Å². The lowest BCUT2D eigenvalue weighted by Gasteiger charge is -2.18. The minimum atomic E-state index is -0.749. The molecule has 0 fully saturated rings. The van der Waals surface area contributed by atoms with Crippen molar-refractivity contribution in [2.24, 2.45) is 4.99 Å². The van der Waals surface area contributed by atoms with E-state index in [9.17, 15) is 10.2 Å². The van der Waals surface area contributed by atoms with E-state index >= 15 is 0 Å². The number of aliphatic hydroxyl groups excluding tert-OH is 1. The van der Waals surface area contributed by atoms with Crippen molar-refractivity contribution in [1.29, 1.82) is 0 Å². The third kappa shape index (κ3) is 11.2. The van der Waals surface area contributed by atoms with Gasteiger partial charge in [0, 0.05) is 16.1 Å². The quantitative estimate of drug-likeness (QED) is 0.172. The zero-order valence-electron chi connectivity index (χ0n) is 24.7. The Morgan fingerprint density at radius 1 is 0.872 bits per heavy atom. The molecule has 0 spiro atoms. The Bertz CT molecular complexity index is 1290. The summed E-state index contributed by atoms with van der Waals surface area (Å²) in [5.74, 6) is 0.194. The molecule has 4 aromatic rings. The van der Waals surface area contributed by atoms with Gasteiger partial charge in [-0.3, -0.25) is 10.3 Å². The zero-order chi connectivity index (χ0) is 29.4. The second kappa shape index (κ2) is 18.2. The molecular formula is C34H45ClN2O2. The smallest absolute Gasteiger partial charge is 0.127 e. The number of nitrogens with zero attached hydrogens (tertiary/aromatic N) is 1. The van der Waals surface area contributed by atoms with Crippen LogP contribution in [0.2, 0.25) is 5.02 Å². The molecule has 0 heterocycles. The Morgan fingerprint density at radius 3 is 2.05 bits per heavy atom. The first-order chi connectivity index (χ1) is 18.7. The molecule has 0 amide bonds. The van der Waals surface area contributed by atoms with Gasteiger partial charge in [0.1, 0.15) is 12.0 Å². The van der Waals surface area contributed by atoms with Crippen molar-refractivity contribution in [1.82, 2.24) is 5.32 Å². The van der Waals surface area contributed by atoms with E-state index in [0.29, 0.717) is 5.02 Å². The van der Waals surface area contributed by atoms with Gasteiger partial charge in [0.2, 0.25) is 0 Å². The van der Waals surface area contributed by atoms with E-state index in [0.717, 1.165) is 22.4 Å². The second-order valence-corrected chi connectivity index (χ2v) is 9.45. The normalized spacial score (nSPS) is 12.1. The highest BCUT2D eigenvalue weighted by Gasteiger charge is 2.16. The number of nitrogens with one attached hydrogen (secondary N) is 1. The van der Waals surface area contributed by atoms with E-state index in [1.165, 1.54) is 22.8 Å². The highest BCUT2D eigenvalue weighted by atomic mass is 35.5. The maximum absolute atomic E-state index is 9.95. The van der Waals surface area contributed by atoms with Gasteiger partial charge in [0.05, 0.1) is 11.8 Å². The van der Waals surface area contributed by atoms with Crippen molar-refractivity contribution in [2.45, 2.75) is 67.2 Å². The molecule has 0 saturated carbocycles. The third-order valence-corrected chi connectivity index (χ3v) is 5.82. The van der Waals surface area contributed by atoms with Crippen LogP contribution < -0.4 is 5.32 Å². The molecule has 2 atom stereocenters. The number of phenolic OH excluding ortho intramolecular Hbond substituents is 1. The minimum Gasteiger partial charge on any atom is -0.508 e.